The molecule has 5 heteroatoms. The van der Waals surface area contributed by atoms with Gasteiger partial charge in [-0.05, 0) is 0 Å². The molecule has 0 fully saturated rings. The van der Waals surface area contributed by atoms with Crippen LogP contribution < -0.4 is 0 Å². The molecule has 4 nitrogen and oxygen atoms in total. The summed E-state index contributed by atoms with van der Waals surface area (Å²) in [4.78, 5) is 8.56. The van der Waals surface area contributed by atoms with E-state index in [-0.39, 0.29) is 39.8 Å². The summed E-state index contributed by atoms with van der Waals surface area (Å²) in [5.41, 5.74) is 0. The van der Waals surface area contributed by atoms with Crippen molar-refractivity contribution in [3.8, 4) is 0 Å². The van der Waals surface area contributed by atoms with Gasteiger partial charge in [0.2, 0.25) is 0 Å². The van der Waals surface area contributed by atoms with E-state index in [1.54, 1.807) is 0 Å². The predicted octanol–water partition coefficient (Wildman–Crippen LogP) is 0.104. The van der Waals surface area contributed by atoms with Crippen molar-refractivity contribution >= 4 is 6.16 Å². The molecule has 0 unspecified atom stereocenters. The summed E-state index contributed by atoms with van der Waals surface area (Å²) in [6.07, 6.45) is -1.83. The van der Waals surface area contributed by atoms with Crippen LogP contribution in [0.1, 0.15) is 0 Å². The average Bonchev–Trinajstić information content (AvgIpc) is 1.41. The number of carboxylic acid groups (broad SMARTS) is 2. The summed E-state index contributed by atoms with van der Waals surface area (Å²) >= 11 is 0.0556. The van der Waals surface area contributed by atoms with Crippen LogP contribution in [-0.4, -0.2) is 16.4 Å². The number of hydrogen-bond donors (Lipinski definition) is 2. The van der Waals surface area contributed by atoms with Crippen molar-refractivity contribution in [1.29, 1.82) is 0 Å². The summed E-state index contributed by atoms with van der Waals surface area (Å²) in [5.74, 6) is 0. The Balaban J connectivity index is 0. The Hall–Kier alpha value is 0.447. The van der Waals surface area contributed by atoms with E-state index in [4.69, 9.17) is 15.9 Å². The van der Waals surface area contributed by atoms with E-state index >= 15 is 0 Å². The molecule has 0 saturated carbocycles. The summed E-state index contributed by atoms with van der Waals surface area (Å²) in [6.45, 7) is 0. The van der Waals surface area contributed by atoms with Crippen molar-refractivity contribution in [2.24, 2.45) is 0 Å². The Morgan fingerprint density at radius 2 is 1.33 bits per heavy atom. The van der Waals surface area contributed by atoms with Crippen molar-refractivity contribution in [1.82, 2.24) is 0 Å². The summed E-state index contributed by atoms with van der Waals surface area (Å²) in [7, 11) is 0. The fourth-order valence-corrected chi connectivity index (χ4v) is 0. The van der Waals surface area contributed by atoms with E-state index in [1.807, 2.05) is 0 Å². The molecule has 34 valence electrons. The van der Waals surface area contributed by atoms with Crippen molar-refractivity contribution < 1.29 is 55.7 Å². The number of carbonyl (C=O) groups is 1. The molecular weight excluding hydrogens is 216 g/mol. The Labute approximate surface area is 61.3 Å². The third-order valence-electron chi connectivity index (χ3n) is 0. The van der Waals surface area contributed by atoms with Gasteiger partial charge >= 0.3 is 46.9 Å². The van der Waals surface area contributed by atoms with Crippen LogP contribution in [0, 0.1) is 39.8 Å². The molecule has 0 aliphatic rings. The van der Waals surface area contributed by atoms with Gasteiger partial charge in [-0.25, -0.2) is 4.79 Å². The normalized spacial score (nSPS) is 4.50. The molecule has 2 N–H and O–H groups in total. The summed E-state index contributed by atoms with van der Waals surface area (Å²) in [6, 6.07) is 0. The van der Waals surface area contributed by atoms with Crippen molar-refractivity contribution in [2.75, 3.05) is 0 Å². The second-order valence-corrected chi connectivity index (χ2v) is 0.283. The minimum absolute atomic E-state index is 0.0556. The topological polar surface area (TPSA) is 74.6 Å². The van der Waals surface area contributed by atoms with Gasteiger partial charge in [0.05, 0.1) is 0 Å². The molecule has 0 radical (unpaired) electrons. The average molecular weight is 218 g/mol. The zero-order valence-electron chi connectivity index (χ0n) is 2.71. The molecule has 0 amide bonds. The summed E-state index contributed by atoms with van der Waals surface area (Å²) in [5, 5.41) is 13.9. The first-order valence-electron chi connectivity index (χ1n) is 0.855. The van der Waals surface area contributed by atoms with Crippen LogP contribution in [0.15, 0.2) is 0 Å². The molecule has 0 aromatic rings. The second kappa shape index (κ2) is 9.07. The standard InChI is InChI=1S/CH2O3.Ce.O/c2-1(3)4;;/h(H2,2,3,4);;. The van der Waals surface area contributed by atoms with Gasteiger partial charge in [0.15, 0.2) is 0 Å². The molecular formula is CH2CeO4. The first-order chi connectivity index (χ1) is 2.73. The summed E-state index contributed by atoms with van der Waals surface area (Å²) < 4.78 is 8.39. The number of rotatable bonds is 0. The number of hydrogen-bond acceptors (Lipinski definition) is 2. The van der Waals surface area contributed by atoms with E-state index in [0.717, 1.165) is 0 Å². The van der Waals surface area contributed by atoms with E-state index in [9.17, 15) is 0 Å². The van der Waals surface area contributed by atoms with E-state index in [2.05, 4.69) is 0 Å². The quantitative estimate of drug-likeness (QED) is 0.604. The van der Waals surface area contributed by atoms with Gasteiger partial charge in [-0.3, -0.25) is 0 Å². The van der Waals surface area contributed by atoms with Gasteiger partial charge in [0, 0.05) is 0 Å². The molecule has 0 spiro atoms. The maximum atomic E-state index is 8.56. The van der Waals surface area contributed by atoms with E-state index in [1.165, 1.54) is 0 Å². The van der Waals surface area contributed by atoms with Crippen LogP contribution in [0.25, 0.3) is 0 Å². The molecule has 0 aliphatic carbocycles. The van der Waals surface area contributed by atoms with Crippen LogP contribution in [0.3, 0.4) is 0 Å². The molecule has 0 rings (SSSR count). The molecule has 6 heavy (non-hydrogen) atoms. The molecule has 0 aromatic heterocycles. The monoisotopic (exact) mass is 218 g/mol. The molecule has 0 aromatic carbocycles. The van der Waals surface area contributed by atoms with Crippen LogP contribution >= 0.6 is 0 Å². The van der Waals surface area contributed by atoms with Gasteiger partial charge < -0.3 is 10.2 Å². The first-order valence-corrected chi connectivity index (χ1v) is 2.14. The van der Waals surface area contributed by atoms with Crippen molar-refractivity contribution in [2.45, 2.75) is 0 Å². The fraction of sp³-hybridized carbons (Fsp3) is 0. The SMILES string of the molecule is O=C(O)O.[O]=[Ce]. The van der Waals surface area contributed by atoms with Crippen LogP contribution in [0.5, 0.6) is 0 Å². The van der Waals surface area contributed by atoms with Crippen LogP contribution in [0.4, 0.5) is 4.79 Å². The first kappa shape index (κ1) is 9.67. The molecule has 0 heterocycles. The predicted molar refractivity (Wildman–Crippen MR) is 11.3 cm³/mol. The zero-order chi connectivity index (χ0) is 5.58. The third-order valence-corrected chi connectivity index (χ3v) is 0. The van der Waals surface area contributed by atoms with E-state index < -0.39 is 6.16 Å². The maximum absolute atomic E-state index is 8.56. The van der Waals surface area contributed by atoms with E-state index in [0.29, 0.717) is 0 Å². The fourth-order valence-electron chi connectivity index (χ4n) is 0. The molecule has 0 atom stereocenters. The zero-order valence-corrected chi connectivity index (χ0v) is 5.85. The van der Waals surface area contributed by atoms with Gasteiger partial charge in [0.25, 0.3) is 0 Å². The Bertz CT molecular complexity index is 38.8. The Kier molecular flexibility index (Phi) is 14.6. The van der Waals surface area contributed by atoms with Crippen LogP contribution in [-0.2, 0) is 0.938 Å². The second-order valence-electron chi connectivity index (χ2n) is 0.283. The van der Waals surface area contributed by atoms with Gasteiger partial charge in [-0.2, -0.15) is 0 Å². The van der Waals surface area contributed by atoms with Crippen LogP contribution in [0.2, 0.25) is 0 Å². The molecule has 0 saturated heterocycles. The van der Waals surface area contributed by atoms with Gasteiger partial charge in [-0.1, -0.05) is 0 Å². The molecule has 0 bridgehead atoms. The molecule has 0 aliphatic heterocycles. The van der Waals surface area contributed by atoms with Crippen molar-refractivity contribution in [3.05, 3.63) is 0 Å². The third kappa shape index (κ3) is 265. The Morgan fingerprint density at radius 1 is 1.33 bits per heavy atom. The van der Waals surface area contributed by atoms with Gasteiger partial charge in [0.1, 0.15) is 0 Å². The van der Waals surface area contributed by atoms with Crippen molar-refractivity contribution in [3.63, 3.8) is 0 Å². The minimum atomic E-state index is -1.83. The Morgan fingerprint density at radius 3 is 1.33 bits per heavy atom. The van der Waals surface area contributed by atoms with Gasteiger partial charge in [-0.15, -0.1) is 0 Å².